The molecule has 0 fully saturated rings. The zero-order valence-corrected chi connectivity index (χ0v) is 25.4. The highest BCUT2D eigenvalue weighted by Gasteiger charge is 2.22. The third-order valence-electron chi connectivity index (χ3n) is 9.06. The summed E-state index contributed by atoms with van der Waals surface area (Å²) in [6.07, 6.45) is 7.52. The molecule has 0 bridgehead atoms. The summed E-state index contributed by atoms with van der Waals surface area (Å²) in [7, 11) is 0. The zero-order valence-electron chi connectivity index (χ0n) is 25.4. The first kappa shape index (κ1) is 25.3. The summed E-state index contributed by atoms with van der Waals surface area (Å²) in [6, 6.07) is 28.8. The summed E-state index contributed by atoms with van der Waals surface area (Å²) in [4.78, 5) is 9.50. The van der Waals surface area contributed by atoms with Gasteiger partial charge in [-0.15, -0.1) is 0 Å². The second-order valence-corrected chi connectivity index (χ2v) is 12.8. The lowest BCUT2D eigenvalue weighted by Gasteiger charge is -2.20. The summed E-state index contributed by atoms with van der Waals surface area (Å²) in [5.74, 6) is 2.56. The molecule has 0 N–H and O–H groups in total. The second-order valence-electron chi connectivity index (χ2n) is 12.8. The molecule has 0 aliphatic carbocycles. The number of ether oxygens (including phenoxy) is 1. The predicted octanol–water partition coefficient (Wildman–Crippen LogP) is 9.81. The van der Waals surface area contributed by atoms with E-state index in [0.717, 1.165) is 66.4 Å². The van der Waals surface area contributed by atoms with E-state index in [-0.39, 0.29) is 5.41 Å². The van der Waals surface area contributed by atoms with Crippen molar-refractivity contribution in [2.24, 2.45) is 0 Å². The van der Waals surface area contributed by atoms with Crippen molar-refractivity contribution in [3.8, 4) is 17.5 Å². The minimum absolute atomic E-state index is 0.0150. The Morgan fingerprint density at radius 1 is 0.674 bits per heavy atom. The van der Waals surface area contributed by atoms with Gasteiger partial charge in [-0.1, -0.05) is 45.0 Å². The molecule has 10 aromatic rings. The minimum Gasteiger partial charge on any atom is -0.456 e. The standard InChI is InChI=1S/C38H27N5O3/c1-38(2,3)22-15-16-39-32(19-22)43-26-8-5-4-7-24(26)25-12-11-23(20-28(25)43)44-33-21-42-36-27(41-18-17-40-37(41)42)13-14-31-35(36)34-29(45-31)9-6-10-30(34)46-33/h4-21H,1-3H3. The number of hydrogen-bond acceptors (Lipinski definition) is 5. The van der Waals surface area contributed by atoms with Crippen LogP contribution < -0.4 is 4.74 Å². The van der Waals surface area contributed by atoms with Crippen molar-refractivity contribution in [3.63, 3.8) is 0 Å². The Labute approximate surface area is 261 Å². The van der Waals surface area contributed by atoms with E-state index < -0.39 is 0 Å². The average molecular weight is 602 g/mol. The Kier molecular flexibility index (Phi) is 4.84. The van der Waals surface area contributed by atoms with E-state index in [0.29, 0.717) is 17.3 Å². The number of pyridine rings is 1. The molecule has 0 aliphatic heterocycles. The summed E-state index contributed by atoms with van der Waals surface area (Å²) in [6.45, 7) is 6.65. The van der Waals surface area contributed by atoms with Crippen LogP contribution in [0.15, 0.2) is 119 Å². The smallest absolute Gasteiger partial charge is 0.307 e. The molecule has 0 spiro atoms. The van der Waals surface area contributed by atoms with Crippen LogP contribution in [0.3, 0.4) is 0 Å². The Bertz CT molecular complexity index is 2840. The van der Waals surface area contributed by atoms with E-state index in [9.17, 15) is 0 Å². The fraction of sp³-hybridized carbons (Fsp3) is 0.105. The molecule has 46 heavy (non-hydrogen) atoms. The van der Waals surface area contributed by atoms with Gasteiger partial charge in [-0.3, -0.25) is 13.4 Å². The number of nitrogens with zero attached hydrogens (tertiary/aromatic N) is 5. The summed E-state index contributed by atoms with van der Waals surface area (Å²) in [5, 5.41) is 4.15. The van der Waals surface area contributed by atoms with Gasteiger partial charge in [0.2, 0.25) is 5.78 Å². The van der Waals surface area contributed by atoms with Gasteiger partial charge >= 0.3 is 5.95 Å². The van der Waals surface area contributed by atoms with Gasteiger partial charge in [-0.05, 0) is 65.6 Å². The lowest BCUT2D eigenvalue weighted by atomic mass is 9.88. The molecule has 0 unspecified atom stereocenters. The first-order valence-corrected chi connectivity index (χ1v) is 15.3. The van der Waals surface area contributed by atoms with E-state index in [1.54, 1.807) is 6.20 Å². The lowest BCUT2D eigenvalue weighted by Crippen LogP contribution is -2.12. The third kappa shape index (κ3) is 3.43. The predicted molar refractivity (Wildman–Crippen MR) is 181 cm³/mol. The van der Waals surface area contributed by atoms with Crippen molar-refractivity contribution < 1.29 is 13.6 Å². The van der Waals surface area contributed by atoms with E-state index in [1.807, 2.05) is 53.3 Å². The van der Waals surface area contributed by atoms with Gasteiger partial charge in [0, 0.05) is 35.4 Å². The molecule has 222 valence electrons. The Morgan fingerprint density at radius 2 is 1.50 bits per heavy atom. The number of fused-ring (bicyclic) bond motifs is 6. The molecule has 8 heteroatoms. The molecule has 8 nitrogen and oxygen atoms in total. The molecular weight excluding hydrogens is 574 g/mol. The maximum Gasteiger partial charge on any atom is 0.307 e. The Morgan fingerprint density at radius 3 is 2.39 bits per heavy atom. The van der Waals surface area contributed by atoms with Crippen LogP contribution in [0.2, 0.25) is 0 Å². The molecule has 0 amide bonds. The summed E-state index contributed by atoms with van der Waals surface area (Å²) >= 11 is 0. The highest BCUT2D eigenvalue weighted by Crippen LogP contribution is 2.41. The third-order valence-corrected chi connectivity index (χ3v) is 9.06. The summed E-state index contributed by atoms with van der Waals surface area (Å²) < 4.78 is 25.8. The number of imidazole rings is 2. The van der Waals surface area contributed by atoms with Crippen molar-refractivity contribution >= 4 is 66.1 Å². The van der Waals surface area contributed by atoms with E-state index in [2.05, 4.69) is 89.3 Å². The van der Waals surface area contributed by atoms with Crippen molar-refractivity contribution in [3.05, 3.63) is 115 Å². The molecule has 0 atom stereocenters. The maximum absolute atomic E-state index is 6.63. The van der Waals surface area contributed by atoms with Crippen molar-refractivity contribution in [1.29, 1.82) is 0 Å². The van der Waals surface area contributed by atoms with Gasteiger partial charge < -0.3 is 13.6 Å². The molecule has 0 aliphatic rings. The van der Waals surface area contributed by atoms with Crippen LogP contribution >= 0.6 is 0 Å². The molecule has 10 rings (SSSR count). The Hall–Kier alpha value is -6.02. The van der Waals surface area contributed by atoms with Crippen LogP contribution in [0.5, 0.6) is 11.7 Å². The van der Waals surface area contributed by atoms with Crippen LogP contribution in [-0.4, -0.2) is 23.3 Å². The number of aromatic nitrogens is 5. The summed E-state index contributed by atoms with van der Waals surface area (Å²) in [5.41, 5.74) is 7.49. The lowest BCUT2D eigenvalue weighted by molar-refractivity contribution is 0.353. The largest absolute Gasteiger partial charge is 0.456 e. The SMILES string of the molecule is CC(C)(C)c1ccnc(-n2c3ccccc3c3ccc(Oc4cn5c6c7c(ccc6n6ccnc65)oc5cccc(o4)c57)cc32)c1. The minimum atomic E-state index is -0.0150. The first-order valence-electron chi connectivity index (χ1n) is 15.3. The van der Waals surface area contributed by atoms with E-state index in [1.165, 1.54) is 5.56 Å². The molecule has 6 heterocycles. The molecule has 6 aromatic heterocycles. The molecule has 0 saturated heterocycles. The fourth-order valence-corrected chi connectivity index (χ4v) is 6.93. The maximum atomic E-state index is 6.63. The molecule has 0 saturated carbocycles. The normalized spacial score (nSPS) is 12.7. The van der Waals surface area contributed by atoms with Crippen LogP contribution in [0.25, 0.3) is 72.0 Å². The van der Waals surface area contributed by atoms with Gasteiger partial charge in [0.1, 0.15) is 28.3 Å². The number of furan rings is 1. The van der Waals surface area contributed by atoms with Crippen LogP contribution in [0.1, 0.15) is 26.3 Å². The highest BCUT2D eigenvalue weighted by atomic mass is 16.6. The van der Waals surface area contributed by atoms with Crippen molar-refractivity contribution in [1.82, 2.24) is 23.3 Å². The highest BCUT2D eigenvalue weighted by molar-refractivity contribution is 6.22. The van der Waals surface area contributed by atoms with E-state index in [4.69, 9.17) is 18.6 Å². The fourth-order valence-electron chi connectivity index (χ4n) is 6.93. The average Bonchev–Trinajstić information content (AvgIpc) is 3.80. The van der Waals surface area contributed by atoms with Gasteiger partial charge in [-0.2, -0.15) is 0 Å². The molecular formula is C38H27N5O3. The Balaban J connectivity index is 1.22. The number of para-hydroxylation sites is 1. The quantitative estimate of drug-likeness (QED) is 0.201. The number of benzene rings is 4. The monoisotopic (exact) mass is 601 g/mol. The zero-order chi connectivity index (χ0) is 30.7. The van der Waals surface area contributed by atoms with Gasteiger partial charge in [0.15, 0.2) is 0 Å². The van der Waals surface area contributed by atoms with Crippen LogP contribution in [0.4, 0.5) is 0 Å². The van der Waals surface area contributed by atoms with Crippen LogP contribution in [-0.2, 0) is 5.41 Å². The van der Waals surface area contributed by atoms with E-state index >= 15 is 0 Å². The number of hydrogen-bond donors (Lipinski definition) is 0. The molecule has 4 aromatic carbocycles. The van der Waals surface area contributed by atoms with Crippen molar-refractivity contribution in [2.75, 3.05) is 0 Å². The first-order chi connectivity index (χ1) is 22.4. The van der Waals surface area contributed by atoms with Gasteiger partial charge in [0.25, 0.3) is 0 Å². The molecule has 0 radical (unpaired) electrons. The van der Waals surface area contributed by atoms with Crippen LogP contribution in [0, 0.1) is 0 Å². The topological polar surface area (TPSA) is 75.0 Å². The second kappa shape index (κ2) is 8.79. The van der Waals surface area contributed by atoms with Gasteiger partial charge in [-0.25, -0.2) is 9.97 Å². The van der Waals surface area contributed by atoms with Gasteiger partial charge in [0.05, 0.1) is 39.0 Å². The number of rotatable bonds is 3. The van der Waals surface area contributed by atoms with Crippen molar-refractivity contribution in [2.45, 2.75) is 26.2 Å².